The zero-order chi connectivity index (χ0) is 24.2. The van der Waals surface area contributed by atoms with E-state index in [0.29, 0.717) is 11.6 Å². The highest BCUT2D eigenvalue weighted by Crippen LogP contribution is 2.29. The molecule has 0 unspecified atom stereocenters. The number of hydrogen-bond donors (Lipinski definition) is 1. The summed E-state index contributed by atoms with van der Waals surface area (Å²) < 4.78 is 0. The first-order chi connectivity index (χ1) is 17.1. The summed E-state index contributed by atoms with van der Waals surface area (Å²) in [6.07, 6.45) is 13.9. The molecule has 5 rings (SSSR count). The smallest absolute Gasteiger partial charge is 0.255 e. The lowest BCUT2D eigenvalue weighted by Gasteiger charge is -2.35. The van der Waals surface area contributed by atoms with Crippen molar-refractivity contribution in [1.82, 2.24) is 20.2 Å². The van der Waals surface area contributed by atoms with E-state index in [1.54, 1.807) is 23.6 Å². The molecule has 2 aliphatic rings. The van der Waals surface area contributed by atoms with Crippen molar-refractivity contribution >= 4 is 35.2 Å². The van der Waals surface area contributed by atoms with Crippen LogP contribution in [-0.2, 0) is 0 Å². The summed E-state index contributed by atoms with van der Waals surface area (Å²) in [5.41, 5.74) is 6.80. The van der Waals surface area contributed by atoms with Crippen LogP contribution in [0.25, 0.3) is 22.6 Å². The van der Waals surface area contributed by atoms with Crippen LogP contribution >= 0.6 is 11.3 Å². The zero-order valence-electron chi connectivity index (χ0n) is 20.3. The quantitative estimate of drug-likeness (QED) is 0.530. The van der Waals surface area contributed by atoms with Crippen molar-refractivity contribution in [3.63, 3.8) is 0 Å². The number of nitrogens with zero attached hydrogens (tertiary/aromatic N) is 4. The number of allylic oxidation sites excluding steroid dienone is 2. The highest BCUT2D eigenvalue weighted by Gasteiger charge is 2.22. The third-order valence-electron chi connectivity index (χ3n) is 6.81. The molecule has 3 aromatic rings. The average Bonchev–Trinajstić information content (AvgIpc) is 3.41. The number of hydrogen-bond acceptors (Lipinski definition) is 6. The molecule has 1 aliphatic carbocycles. The number of pyridine rings is 1. The molecule has 2 aromatic heterocycles. The minimum absolute atomic E-state index is 0.0900. The van der Waals surface area contributed by atoms with Crippen LogP contribution in [0.5, 0.6) is 0 Å². The fraction of sp³-hybridized carbons (Fsp3) is 0.321. The topological polar surface area (TPSA) is 61.4 Å². The van der Waals surface area contributed by atoms with E-state index in [1.165, 1.54) is 0 Å². The fourth-order valence-electron chi connectivity index (χ4n) is 4.73. The first kappa shape index (κ1) is 23.5. The van der Waals surface area contributed by atoms with Gasteiger partial charge < -0.3 is 15.1 Å². The van der Waals surface area contributed by atoms with Gasteiger partial charge in [0.1, 0.15) is 5.82 Å². The van der Waals surface area contributed by atoms with Crippen LogP contribution < -0.4 is 10.2 Å². The third-order valence-corrected chi connectivity index (χ3v) is 7.63. The second kappa shape index (κ2) is 10.5. The molecule has 7 heteroatoms. The number of fused-ring (bicyclic) bond motifs is 1. The maximum absolute atomic E-state index is 13.2. The van der Waals surface area contributed by atoms with Crippen molar-refractivity contribution in [2.24, 2.45) is 0 Å². The average molecular weight is 486 g/mol. The minimum Gasteiger partial charge on any atom is -0.356 e. The Morgan fingerprint density at radius 2 is 2.00 bits per heavy atom. The van der Waals surface area contributed by atoms with Gasteiger partial charge in [-0.25, -0.2) is 4.98 Å². The highest BCUT2D eigenvalue weighted by molar-refractivity contribution is 7.13. The van der Waals surface area contributed by atoms with Crippen LogP contribution in [0.2, 0.25) is 0 Å². The molecule has 0 bridgehead atoms. The SMILES string of the molecule is CN(C)C1CCN(c2cc(C(=O)N/C3=C/c4cc(-c5cncs5)ccc4/C=C\CC3)ccn2)CC1. The van der Waals surface area contributed by atoms with Crippen LogP contribution in [0.1, 0.15) is 47.2 Å². The van der Waals surface area contributed by atoms with Crippen LogP contribution in [-0.4, -0.2) is 54.0 Å². The molecular formula is C28H31N5OS. The molecule has 1 saturated heterocycles. The highest BCUT2D eigenvalue weighted by atomic mass is 32.1. The Labute approximate surface area is 211 Å². The van der Waals surface area contributed by atoms with Gasteiger partial charge >= 0.3 is 0 Å². The van der Waals surface area contributed by atoms with Crippen LogP contribution in [0, 0.1) is 0 Å². The largest absolute Gasteiger partial charge is 0.356 e. The molecule has 3 heterocycles. The van der Waals surface area contributed by atoms with E-state index in [9.17, 15) is 4.79 Å². The van der Waals surface area contributed by atoms with Crippen molar-refractivity contribution in [3.05, 3.63) is 76.7 Å². The van der Waals surface area contributed by atoms with Crippen molar-refractivity contribution in [2.45, 2.75) is 31.7 Å². The lowest BCUT2D eigenvalue weighted by molar-refractivity contribution is 0.0965. The Morgan fingerprint density at radius 1 is 1.14 bits per heavy atom. The fourth-order valence-corrected chi connectivity index (χ4v) is 5.35. The van der Waals surface area contributed by atoms with Gasteiger partial charge in [-0.15, -0.1) is 11.3 Å². The molecule has 0 atom stereocenters. The van der Waals surface area contributed by atoms with Crippen molar-refractivity contribution in [2.75, 3.05) is 32.1 Å². The van der Waals surface area contributed by atoms with Crippen LogP contribution in [0.15, 0.2) is 60.0 Å². The molecule has 1 fully saturated rings. The van der Waals surface area contributed by atoms with E-state index in [4.69, 9.17) is 0 Å². The molecule has 0 spiro atoms. The van der Waals surface area contributed by atoms with Crippen molar-refractivity contribution in [1.29, 1.82) is 0 Å². The van der Waals surface area contributed by atoms with Gasteiger partial charge in [-0.05, 0) is 80.7 Å². The second-order valence-electron chi connectivity index (χ2n) is 9.36. The van der Waals surface area contributed by atoms with E-state index >= 15 is 0 Å². The van der Waals surface area contributed by atoms with Crippen molar-refractivity contribution in [3.8, 4) is 10.4 Å². The minimum atomic E-state index is -0.0900. The number of benzene rings is 1. The third kappa shape index (κ3) is 5.52. The van der Waals surface area contributed by atoms with Gasteiger partial charge in [0.15, 0.2) is 0 Å². The van der Waals surface area contributed by atoms with E-state index in [0.717, 1.165) is 71.9 Å². The second-order valence-corrected chi connectivity index (χ2v) is 10.2. The van der Waals surface area contributed by atoms with E-state index in [2.05, 4.69) is 75.6 Å². The molecule has 1 aliphatic heterocycles. The lowest BCUT2D eigenvalue weighted by Crippen LogP contribution is -2.42. The summed E-state index contributed by atoms with van der Waals surface area (Å²) in [6.45, 7) is 1.91. The molecule has 35 heavy (non-hydrogen) atoms. The Hall–Kier alpha value is -3.29. The maximum Gasteiger partial charge on any atom is 0.255 e. The predicted molar refractivity (Wildman–Crippen MR) is 144 cm³/mol. The van der Waals surface area contributed by atoms with Crippen LogP contribution in [0.3, 0.4) is 0 Å². The van der Waals surface area contributed by atoms with Gasteiger partial charge in [0.2, 0.25) is 0 Å². The molecule has 1 amide bonds. The van der Waals surface area contributed by atoms with Crippen LogP contribution in [0.4, 0.5) is 5.82 Å². The van der Waals surface area contributed by atoms with Gasteiger partial charge in [0.05, 0.1) is 10.4 Å². The summed E-state index contributed by atoms with van der Waals surface area (Å²) in [7, 11) is 4.28. The molecular weight excluding hydrogens is 454 g/mol. The number of thiazole rings is 1. The number of anilines is 1. The van der Waals surface area contributed by atoms with E-state index in [-0.39, 0.29) is 5.91 Å². The van der Waals surface area contributed by atoms with Crippen molar-refractivity contribution < 1.29 is 4.79 Å². The normalized spacial score (nSPS) is 18.8. The molecule has 1 N–H and O–H groups in total. The van der Waals surface area contributed by atoms with Gasteiger partial charge in [-0.2, -0.15) is 0 Å². The molecule has 6 nitrogen and oxygen atoms in total. The Kier molecular flexibility index (Phi) is 7.06. The monoisotopic (exact) mass is 485 g/mol. The molecule has 0 saturated carbocycles. The lowest BCUT2D eigenvalue weighted by atomic mass is 9.98. The summed E-state index contributed by atoms with van der Waals surface area (Å²) in [5, 5.41) is 3.18. The number of piperidine rings is 1. The maximum atomic E-state index is 13.2. The Bertz CT molecular complexity index is 1240. The number of carbonyl (C=O) groups is 1. The summed E-state index contributed by atoms with van der Waals surface area (Å²) in [6, 6.07) is 10.8. The Balaban J connectivity index is 1.33. The number of nitrogens with one attached hydrogen (secondary N) is 1. The number of carbonyl (C=O) groups excluding carboxylic acids is 1. The van der Waals surface area contributed by atoms with Gasteiger partial charge in [0.25, 0.3) is 5.91 Å². The van der Waals surface area contributed by atoms with Gasteiger partial charge in [-0.1, -0.05) is 24.3 Å². The Morgan fingerprint density at radius 3 is 2.77 bits per heavy atom. The predicted octanol–water partition coefficient (Wildman–Crippen LogP) is 5.31. The molecule has 1 aromatic carbocycles. The first-order valence-electron chi connectivity index (χ1n) is 12.2. The number of rotatable bonds is 5. The number of amides is 1. The van der Waals surface area contributed by atoms with E-state index < -0.39 is 0 Å². The van der Waals surface area contributed by atoms with E-state index in [1.807, 2.05) is 17.8 Å². The molecule has 0 radical (unpaired) electrons. The summed E-state index contributed by atoms with van der Waals surface area (Å²) >= 11 is 1.63. The standard InChI is InChI=1S/C28H31N5OS/c1-32(2)25-10-13-33(14-11-25)27-17-22(9-12-30-27)28(34)31-24-6-4-3-5-20-7-8-21(15-23(20)16-24)26-18-29-19-35-26/h3,5,7-9,12,15-19,25H,4,6,10-11,13-14H2,1-2H3,(H,31,34)/b5-3-,24-16+. The number of aromatic nitrogens is 2. The first-order valence-corrected chi connectivity index (χ1v) is 13.0. The van der Waals surface area contributed by atoms with Gasteiger partial charge in [0, 0.05) is 42.8 Å². The van der Waals surface area contributed by atoms with Gasteiger partial charge in [-0.3, -0.25) is 9.78 Å². The zero-order valence-corrected chi connectivity index (χ0v) is 21.1. The summed E-state index contributed by atoms with van der Waals surface area (Å²) in [5.74, 6) is 0.789. The molecule has 180 valence electrons. The summed E-state index contributed by atoms with van der Waals surface area (Å²) in [4.78, 5) is 27.7.